The second-order valence-corrected chi connectivity index (χ2v) is 4.01. The molecule has 12 heavy (non-hydrogen) atoms. The molecule has 0 unspecified atom stereocenters. The van der Waals surface area contributed by atoms with E-state index >= 15 is 0 Å². The molecular weight excluding hydrogens is 142 g/mol. The molecule has 0 amide bonds. The van der Waals surface area contributed by atoms with Crippen molar-refractivity contribution in [2.75, 3.05) is 0 Å². The van der Waals surface area contributed by atoms with Gasteiger partial charge in [0.05, 0.1) is 0 Å². The van der Waals surface area contributed by atoms with Crippen molar-refractivity contribution in [1.82, 2.24) is 0 Å². The molecule has 0 aliphatic rings. The first-order chi connectivity index (χ1) is 5.71. The molecule has 0 aromatic carbocycles. The molecule has 0 N–H and O–H groups in total. The molecule has 0 spiro atoms. The van der Waals surface area contributed by atoms with E-state index in [0.29, 0.717) is 0 Å². The molecule has 0 aliphatic carbocycles. The van der Waals surface area contributed by atoms with E-state index in [1.165, 1.54) is 25.3 Å². The molecule has 0 saturated heterocycles. The topological polar surface area (TPSA) is 0 Å². The zero-order chi connectivity index (χ0) is 9.56. The van der Waals surface area contributed by atoms with Crippen LogP contribution in [0.3, 0.4) is 0 Å². The van der Waals surface area contributed by atoms with Gasteiger partial charge in [0, 0.05) is 0 Å². The maximum atomic E-state index is 2.44. The summed E-state index contributed by atoms with van der Waals surface area (Å²) >= 11 is 0. The van der Waals surface area contributed by atoms with E-state index in [1.807, 2.05) is 0 Å². The van der Waals surface area contributed by atoms with Crippen molar-refractivity contribution in [3.8, 4) is 0 Å². The third-order valence-electron chi connectivity index (χ3n) is 3.58. The van der Waals surface area contributed by atoms with Crippen molar-refractivity contribution in [3.05, 3.63) is 0 Å². The summed E-state index contributed by atoms with van der Waals surface area (Å²) in [5, 5.41) is 0. The van der Waals surface area contributed by atoms with E-state index in [-0.39, 0.29) is 0 Å². The van der Waals surface area contributed by atoms with Crippen LogP contribution in [0.1, 0.15) is 34.6 Å². The number of rotatable bonds is 6. The Labute approximate surface area is 79.7 Å². The van der Waals surface area contributed by atoms with Crippen molar-refractivity contribution in [1.29, 1.82) is 0 Å². The summed E-state index contributed by atoms with van der Waals surface area (Å²) in [7, 11) is 0. The molecule has 0 bridgehead atoms. The van der Waals surface area contributed by atoms with Gasteiger partial charge in [0.1, 0.15) is 13.4 Å². The molecule has 0 saturated carbocycles. The summed E-state index contributed by atoms with van der Waals surface area (Å²) in [6.45, 7) is 13.7. The molecule has 0 rings (SSSR count). The van der Waals surface area contributed by atoms with Crippen molar-refractivity contribution in [2.24, 2.45) is 0 Å². The third-order valence-corrected chi connectivity index (χ3v) is 3.58. The molecule has 0 aromatic heterocycles. The van der Waals surface area contributed by atoms with Crippen LogP contribution in [0, 0.1) is 0 Å². The Balaban J connectivity index is 4.02. The SMILES string of the molecule is CCB(CC)C(C)B(CC)CC. The fourth-order valence-electron chi connectivity index (χ4n) is 2.45. The molecule has 0 aromatic rings. The van der Waals surface area contributed by atoms with E-state index in [1.54, 1.807) is 0 Å². The average molecular weight is 166 g/mol. The fraction of sp³-hybridized carbons (Fsp3) is 1.00. The van der Waals surface area contributed by atoms with Crippen LogP contribution in [0.4, 0.5) is 0 Å². The van der Waals surface area contributed by atoms with Gasteiger partial charge in [0.15, 0.2) is 0 Å². The van der Waals surface area contributed by atoms with E-state index in [2.05, 4.69) is 34.6 Å². The van der Waals surface area contributed by atoms with Crippen molar-refractivity contribution in [3.63, 3.8) is 0 Å². The Morgan fingerprint density at radius 2 is 1.00 bits per heavy atom. The maximum absolute atomic E-state index is 2.44. The lowest BCUT2D eigenvalue weighted by atomic mass is 9.19. The molecule has 0 heterocycles. The molecular formula is C10H24B2. The Kier molecular flexibility index (Phi) is 6.70. The quantitative estimate of drug-likeness (QED) is 0.523. The van der Waals surface area contributed by atoms with Gasteiger partial charge in [-0.25, -0.2) is 0 Å². The van der Waals surface area contributed by atoms with E-state index in [4.69, 9.17) is 0 Å². The highest BCUT2D eigenvalue weighted by molar-refractivity contribution is 6.79. The van der Waals surface area contributed by atoms with Gasteiger partial charge < -0.3 is 0 Å². The van der Waals surface area contributed by atoms with Gasteiger partial charge in [-0.15, -0.1) is 0 Å². The lowest BCUT2D eigenvalue weighted by Crippen LogP contribution is -2.29. The van der Waals surface area contributed by atoms with Crippen LogP contribution in [-0.2, 0) is 0 Å². The maximum Gasteiger partial charge on any atom is 0.134 e. The van der Waals surface area contributed by atoms with Crippen LogP contribution in [0.15, 0.2) is 0 Å². The predicted molar refractivity (Wildman–Crippen MR) is 62.9 cm³/mol. The van der Waals surface area contributed by atoms with Crippen LogP contribution >= 0.6 is 0 Å². The monoisotopic (exact) mass is 166 g/mol. The standard InChI is InChI=1S/C10H24B2/c1-6-11(7-2)10(5)12(8-3)9-4/h10H,6-9H2,1-5H3. The lowest BCUT2D eigenvalue weighted by molar-refractivity contribution is 1.11. The fourth-order valence-corrected chi connectivity index (χ4v) is 2.45. The van der Waals surface area contributed by atoms with Gasteiger partial charge in [0.2, 0.25) is 0 Å². The van der Waals surface area contributed by atoms with Crippen molar-refractivity contribution < 1.29 is 0 Å². The van der Waals surface area contributed by atoms with E-state index < -0.39 is 0 Å². The minimum absolute atomic E-state index is 0.926. The summed E-state index contributed by atoms with van der Waals surface area (Å²) in [5.74, 6) is 0. The van der Waals surface area contributed by atoms with Crippen LogP contribution in [-0.4, -0.2) is 13.4 Å². The first-order valence-electron chi connectivity index (χ1n) is 5.71. The Morgan fingerprint density at radius 1 is 0.750 bits per heavy atom. The zero-order valence-corrected chi connectivity index (χ0v) is 9.56. The molecule has 2 heteroatoms. The van der Waals surface area contributed by atoms with E-state index in [9.17, 15) is 0 Å². The van der Waals surface area contributed by atoms with Crippen molar-refractivity contribution >= 4 is 13.4 Å². The van der Waals surface area contributed by atoms with Gasteiger partial charge in [0.25, 0.3) is 0 Å². The summed E-state index contributed by atoms with van der Waals surface area (Å²) in [6.07, 6.45) is 5.42. The zero-order valence-electron chi connectivity index (χ0n) is 9.56. The van der Waals surface area contributed by atoms with Crippen LogP contribution in [0.5, 0.6) is 0 Å². The third kappa shape index (κ3) is 3.25. The minimum Gasteiger partial charge on any atom is -0.0857 e. The van der Waals surface area contributed by atoms with Crippen molar-refractivity contribution in [2.45, 2.75) is 65.6 Å². The Morgan fingerprint density at radius 3 is 1.17 bits per heavy atom. The molecule has 0 fully saturated rings. The second kappa shape index (κ2) is 6.62. The van der Waals surface area contributed by atoms with Gasteiger partial charge in [-0.3, -0.25) is 0 Å². The molecule has 0 radical (unpaired) electrons. The highest BCUT2D eigenvalue weighted by atomic mass is 13.9. The largest absolute Gasteiger partial charge is 0.134 e. The minimum atomic E-state index is 0.926. The van der Waals surface area contributed by atoms with Gasteiger partial charge in [-0.2, -0.15) is 0 Å². The smallest absolute Gasteiger partial charge is 0.0857 e. The highest BCUT2D eigenvalue weighted by Gasteiger charge is 2.25. The second-order valence-electron chi connectivity index (χ2n) is 4.01. The van der Waals surface area contributed by atoms with Gasteiger partial charge in [-0.05, 0) is 0 Å². The van der Waals surface area contributed by atoms with Crippen LogP contribution in [0.25, 0.3) is 0 Å². The van der Waals surface area contributed by atoms with Crippen LogP contribution < -0.4 is 0 Å². The predicted octanol–water partition coefficient (Wildman–Crippen LogP) is 3.98. The molecule has 0 nitrogen and oxygen atoms in total. The molecule has 0 atom stereocenters. The van der Waals surface area contributed by atoms with Gasteiger partial charge >= 0.3 is 0 Å². The summed E-state index contributed by atoms with van der Waals surface area (Å²) in [5.41, 5.74) is 0.926. The summed E-state index contributed by atoms with van der Waals surface area (Å²) in [6, 6.07) is 0. The number of hydrogen-bond acceptors (Lipinski definition) is 0. The van der Waals surface area contributed by atoms with Crippen LogP contribution in [0.2, 0.25) is 31.0 Å². The first kappa shape index (κ1) is 12.1. The summed E-state index contributed by atoms with van der Waals surface area (Å²) < 4.78 is 0. The lowest BCUT2D eigenvalue weighted by Gasteiger charge is -2.23. The van der Waals surface area contributed by atoms with Gasteiger partial charge in [-0.1, -0.05) is 65.6 Å². The highest BCUT2D eigenvalue weighted by Crippen LogP contribution is 2.23. The summed E-state index contributed by atoms with van der Waals surface area (Å²) in [4.78, 5) is 0. The Bertz CT molecular complexity index is 84.0. The normalized spacial score (nSPS) is 10.5. The average Bonchev–Trinajstić information content (AvgIpc) is 2.09. The molecule has 70 valence electrons. The van der Waals surface area contributed by atoms with E-state index in [0.717, 1.165) is 19.1 Å². The Hall–Kier alpha value is 0.130. The molecule has 0 aliphatic heterocycles. The first-order valence-corrected chi connectivity index (χ1v) is 5.71. The number of hydrogen-bond donors (Lipinski definition) is 0.